The van der Waals surface area contributed by atoms with Gasteiger partial charge in [0.05, 0.1) is 5.60 Å². The van der Waals surface area contributed by atoms with E-state index in [1.807, 2.05) is 12.1 Å². The van der Waals surface area contributed by atoms with E-state index in [1.54, 1.807) is 0 Å². The molecule has 0 unspecified atom stereocenters. The van der Waals surface area contributed by atoms with Crippen molar-refractivity contribution in [2.75, 3.05) is 18.5 Å². The maximum absolute atomic E-state index is 11.0. The molecule has 0 amide bonds. The van der Waals surface area contributed by atoms with Crippen molar-refractivity contribution in [3.8, 4) is 0 Å². The molecule has 0 aromatic heterocycles. The van der Waals surface area contributed by atoms with Crippen LogP contribution in [0.15, 0.2) is 67.3 Å². The third-order valence-corrected chi connectivity index (χ3v) is 6.07. The summed E-state index contributed by atoms with van der Waals surface area (Å²) in [5.41, 5.74) is 3.57. The Morgan fingerprint density at radius 1 is 1.07 bits per heavy atom. The highest BCUT2D eigenvalue weighted by Gasteiger charge is 2.33. The Morgan fingerprint density at radius 3 is 2.44 bits per heavy atom. The molecule has 1 aliphatic carbocycles. The quantitative estimate of drug-likeness (QED) is 0.634. The van der Waals surface area contributed by atoms with Crippen molar-refractivity contribution in [1.29, 1.82) is 0 Å². The van der Waals surface area contributed by atoms with E-state index in [0.29, 0.717) is 5.92 Å². The minimum atomic E-state index is -0.481. The summed E-state index contributed by atoms with van der Waals surface area (Å²) in [6, 6.07) is 19.2. The molecule has 3 rings (SSSR count). The molecule has 2 nitrogen and oxygen atoms in total. The summed E-state index contributed by atoms with van der Waals surface area (Å²) in [5, 5.41) is 11.0. The van der Waals surface area contributed by atoms with Gasteiger partial charge in [-0.1, -0.05) is 54.6 Å². The lowest BCUT2D eigenvalue weighted by atomic mass is 9.74. The van der Waals surface area contributed by atoms with E-state index in [1.165, 1.54) is 16.8 Å². The van der Waals surface area contributed by atoms with E-state index in [0.717, 1.165) is 51.5 Å². The Kier molecular flexibility index (Phi) is 6.73. The van der Waals surface area contributed by atoms with Gasteiger partial charge >= 0.3 is 0 Å². The Labute approximate surface area is 164 Å². The van der Waals surface area contributed by atoms with Crippen molar-refractivity contribution < 1.29 is 5.11 Å². The molecule has 2 heteroatoms. The highest BCUT2D eigenvalue weighted by atomic mass is 16.3. The van der Waals surface area contributed by atoms with Crippen LogP contribution in [0.2, 0.25) is 0 Å². The number of hydrogen-bond donors (Lipinski definition) is 1. The molecule has 0 spiro atoms. The first-order valence-electron chi connectivity index (χ1n) is 10.3. The second kappa shape index (κ2) is 9.23. The topological polar surface area (TPSA) is 23.5 Å². The molecule has 1 fully saturated rings. The van der Waals surface area contributed by atoms with Crippen LogP contribution >= 0.6 is 0 Å². The Hall–Kier alpha value is -2.06. The predicted molar refractivity (Wildman–Crippen MR) is 115 cm³/mol. The van der Waals surface area contributed by atoms with Crippen LogP contribution in [0, 0.1) is 5.92 Å². The van der Waals surface area contributed by atoms with Gasteiger partial charge < -0.3 is 10.0 Å². The highest BCUT2D eigenvalue weighted by molar-refractivity contribution is 5.53. The van der Waals surface area contributed by atoms with Gasteiger partial charge in [0, 0.05) is 19.3 Å². The molecule has 0 heterocycles. The lowest BCUT2D eigenvalue weighted by molar-refractivity contribution is -0.0161. The van der Waals surface area contributed by atoms with E-state index >= 15 is 0 Å². The van der Waals surface area contributed by atoms with Gasteiger partial charge in [0.2, 0.25) is 0 Å². The molecule has 27 heavy (non-hydrogen) atoms. The Balaban J connectivity index is 1.54. The molecule has 0 atom stereocenters. The summed E-state index contributed by atoms with van der Waals surface area (Å²) in [4.78, 5) is 2.27. The first kappa shape index (κ1) is 19.7. The fraction of sp³-hybridized carbons (Fsp3) is 0.440. The lowest BCUT2D eigenvalue weighted by Gasteiger charge is -2.36. The van der Waals surface area contributed by atoms with Crippen molar-refractivity contribution in [2.24, 2.45) is 5.92 Å². The summed E-state index contributed by atoms with van der Waals surface area (Å²) in [6.07, 6.45) is 8.98. The number of anilines is 1. The van der Waals surface area contributed by atoms with Gasteiger partial charge in [0.1, 0.15) is 0 Å². The summed E-state index contributed by atoms with van der Waals surface area (Å²) < 4.78 is 0. The number of nitrogens with zero attached hydrogens (tertiary/aromatic N) is 1. The van der Waals surface area contributed by atoms with E-state index in [2.05, 4.69) is 67.1 Å². The van der Waals surface area contributed by atoms with Gasteiger partial charge in [-0.05, 0) is 68.1 Å². The predicted octanol–water partition coefficient (Wildman–Crippen LogP) is 5.41. The maximum atomic E-state index is 11.0. The minimum Gasteiger partial charge on any atom is -0.390 e. The minimum absolute atomic E-state index is 0.481. The van der Waals surface area contributed by atoms with E-state index in [9.17, 15) is 5.11 Å². The van der Waals surface area contributed by atoms with Crippen LogP contribution in [-0.2, 0) is 12.8 Å². The van der Waals surface area contributed by atoms with Gasteiger partial charge in [-0.3, -0.25) is 0 Å². The smallest absolute Gasteiger partial charge is 0.0651 e. The van der Waals surface area contributed by atoms with Crippen LogP contribution in [0.25, 0.3) is 0 Å². The molecule has 1 aliphatic rings. The average Bonchev–Trinajstić information content (AvgIpc) is 2.70. The Bertz CT molecular complexity index is 716. The second-order valence-electron chi connectivity index (χ2n) is 8.16. The zero-order valence-electron chi connectivity index (χ0n) is 16.6. The molecule has 144 valence electrons. The van der Waals surface area contributed by atoms with Crippen LogP contribution in [0.4, 0.5) is 5.69 Å². The fourth-order valence-corrected chi connectivity index (χ4v) is 4.35. The molecule has 1 saturated carbocycles. The van der Waals surface area contributed by atoms with Gasteiger partial charge in [0.15, 0.2) is 0 Å². The molecular weight excluding hydrogens is 330 g/mol. The van der Waals surface area contributed by atoms with Crippen LogP contribution < -0.4 is 4.90 Å². The molecule has 2 aromatic carbocycles. The van der Waals surface area contributed by atoms with Crippen molar-refractivity contribution in [3.63, 3.8) is 0 Å². The zero-order chi connectivity index (χ0) is 19.1. The fourth-order valence-electron chi connectivity index (χ4n) is 4.35. The first-order valence-corrected chi connectivity index (χ1v) is 10.3. The molecule has 1 N–H and O–H groups in total. The molecular formula is C25H33NO. The molecule has 0 aliphatic heterocycles. The normalized spacial score (nSPS) is 22.4. The SMILES string of the molecule is C=CCN(C)c1ccccc1CC1CCC(O)(CCc2ccccc2)CC1. The third-order valence-electron chi connectivity index (χ3n) is 6.07. The molecule has 0 saturated heterocycles. The first-order chi connectivity index (χ1) is 13.1. The third kappa shape index (κ3) is 5.46. The van der Waals surface area contributed by atoms with E-state index < -0.39 is 5.60 Å². The van der Waals surface area contributed by atoms with Gasteiger partial charge in [-0.2, -0.15) is 0 Å². The average molecular weight is 364 g/mol. The second-order valence-corrected chi connectivity index (χ2v) is 8.16. The maximum Gasteiger partial charge on any atom is 0.0651 e. The van der Waals surface area contributed by atoms with Crippen molar-refractivity contribution in [1.82, 2.24) is 0 Å². The van der Waals surface area contributed by atoms with Crippen LogP contribution in [0.1, 0.15) is 43.2 Å². The van der Waals surface area contributed by atoms with Crippen molar-refractivity contribution in [3.05, 3.63) is 78.4 Å². The summed E-state index contributed by atoms with van der Waals surface area (Å²) >= 11 is 0. The summed E-state index contributed by atoms with van der Waals surface area (Å²) in [6.45, 7) is 4.72. The zero-order valence-corrected chi connectivity index (χ0v) is 16.6. The number of para-hydroxylation sites is 1. The number of benzene rings is 2. The number of likely N-dealkylation sites (N-methyl/N-ethyl adjacent to an activating group) is 1. The molecule has 0 radical (unpaired) electrons. The van der Waals surface area contributed by atoms with Gasteiger partial charge in [-0.25, -0.2) is 0 Å². The van der Waals surface area contributed by atoms with Gasteiger partial charge in [0.25, 0.3) is 0 Å². The van der Waals surface area contributed by atoms with Crippen LogP contribution in [0.3, 0.4) is 0 Å². The molecule has 2 aromatic rings. The number of aryl methyl sites for hydroxylation is 1. The largest absolute Gasteiger partial charge is 0.390 e. The number of rotatable bonds is 8. The number of aliphatic hydroxyl groups is 1. The monoisotopic (exact) mass is 363 g/mol. The lowest BCUT2D eigenvalue weighted by Crippen LogP contribution is -2.35. The highest BCUT2D eigenvalue weighted by Crippen LogP contribution is 2.37. The van der Waals surface area contributed by atoms with E-state index in [4.69, 9.17) is 0 Å². The van der Waals surface area contributed by atoms with Crippen LogP contribution in [0.5, 0.6) is 0 Å². The summed E-state index contributed by atoms with van der Waals surface area (Å²) in [7, 11) is 2.13. The van der Waals surface area contributed by atoms with Crippen LogP contribution in [-0.4, -0.2) is 24.3 Å². The van der Waals surface area contributed by atoms with Crippen molar-refractivity contribution >= 4 is 5.69 Å². The molecule has 0 bridgehead atoms. The van der Waals surface area contributed by atoms with Gasteiger partial charge in [-0.15, -0.1) is 6.58 Å². The standard InChI is InChI=1S/C25H33NO/c1-3-19-26(2)24-12-8-7-11-23(24)20-22-14-17-25(27,18-15-22)16-13-21-9-5-4-6-10-21/h3-12,22,27H,1,13-20H2,2H3. The summed E-state index contributed by atoms with van der Waals surface area (Å²) in [5.74, 6) is 0.667. The van der Waals surface area contributed by atoms with Crippen molar-refractivity contribution in [2.45, 2.75) is 50.5 Å². The number of hydrogen-bond acceptors (Lipinski definition) is 2. The van der Waals surface area contributed by atoms with E-state index in [-0.39, 0.29) is 0 Å². The Morgan fingerprint density at radius 2 is 1.74 bits per heavy atom.